The molecule has 206 valence electrons. The van der Waals surface area contributed by atoms with Crippen LogP contribution in [0.3, 0.4) is 0 Å². The van der Waals surface area contributed by atoms with Crippen LogP contribution in [0.1, 0.15) is 47.9 Å². The van der Waals surface area contributed by atoms with Crippen molar-refractivity contribution in [2.45, 2.75) is 75.6 Å². The minimum atomic E-state index is -3.54. The third kappa shape index (κ3) is 7.06. The third-order valence-corrected chi connectivity index (χ3v) is 7.51. The fourth-order valence-corrected chi connectivity index (χ4v) is 4.86. The molecule has 2 atom stereocenters. The van der Waals surface area contributed by atoms with Gasteiger partial charge < -0.3 is 25.5 Å². The van der Waals surface area contributed by atoms with Gasteiger partial charge in [-0.15, -0.1) is 0 Å². The van der Waals surface area contributed by atoms with Gasteiger partial charge in [0, 0.05) is 39.8 Å². The first-order chi connectivity index (χ1) is 16.8. The summed E-state index contributed by atoms with van der Waals surface area (Å²) in [5.74, 6) is -3.97. The second kappa shape index (κ2) is 12.2. The zero-order chi connectivity index (χ0) is 27.3. The van der Waals surface area contributed by atoms with E-state index in [4.69, 9.17) is 0 Å². The Morgan fingerprint density at radius 3 is 2.39 bits per heavy atom. The number of nitrogens with one attached hydrogen (secondary N) is 2. The van der Waals surface area contributed by atoms with Crippen LogP contribution in [0.4, 0.5) is 18.9 Å². The quantitative estimate of drug-likeness (QED) is 0.416. The number of hydrogen-bond acceptors (Lipinski definition) is 7. The van der Waals surface area contributed by atoms with Crippen LogP contribution in [0.2, 0.25) is 0 Å². The number of aliphatic hydroxyl groups excluding tert-OH is 1. The van der Waals surface area contributed by atoms with Crippen molar-refractivity contribution >= 4 is 21.4 Å². The number of piperidine rings is 1. The average Bonchev–Trinajstić information content (AvgIpc) is 3.20. The molecule has 1 unspecified atom stereocenters. The molecule has 2 fully saturated rings. The van der Waals surface area contributed by atoms with Crippen molar-refractivity contribution in [1.29, 1.82) is 0 Å². The molecule has 2 heterocycles. The van der Waals surface area contributed by atoms with Gasteiger partial charge in [-0.2, -0.15) is 0 Å². The molecule has 36 heavy (non-hydrogen) atoms. The Bertz CT molecular complexity index is 1040. The zero-order valence-electron chi connectivity index (χ0n) is 21.2. The van der Waals surface area contributed by atoms with E-state index in [1.54, 1.807) is 9.80 Å². The second-order valence-corrected chi connectivity index (χ2v) is 10.8. The summed E-state index contributed by atoms with van der Waals surface area (Å²) in [6.07, 6.45) is 0.120. The molecular weight excluding hydrogens is 497 g/mol. The van der Waals surface area contributed by atoms with E-state index >= 15 is 0 Å². The van der Waals surface area contributed by atoms with Crippen molar-refractivity contribution in [3.63, 3.8) is 0 Å². The summed E-state index contributed by atoms with van der Waals surface area (Å²) in [6.45, 7) is 10.5. The number of sulfone groups is 1. The molecule has 1 aromatic rings. The Morgan fingerprint density at radius 2 is 1.86 bits per heavy atom. The lowest BCUT2D eigenvalue weighted by atomic mass is 10.0. The molecular formula is C24H39F3N4O4S. The first-order valence-corrected chi connectivity index (χ1v) is 14.1. The van der Waals surface area contributed by atoms with Gasteiger partial charge in [0.15, 0.2) is 16.1 Å². The maximum atomic E-state index is 14.4. The zero-order valence-corrected chi connectivity index (χ0v) is 22.0. The van der Waals surface area contributed by atoms with Gasteiger partial charge in [0.25, 0.3) is 5.92 Å². The van der Waals surface area contributed by atoms with Crippen LogP contribution in [0.25, 0.3) is 0 Å². The number of carbonyl (C=O) groups is 1. The number of aliphatic hydroxyl groups is 1. The maximum absolute atomic E-state index is 14.4. The van der Waals surface area contributed by atoms with E-state index in [0.29, 0.717) is 38.9 Å². The summed E-state index contributed by atoms with van der Waals surface area (Å²) in [7, 11) is -3.54. The van der Waals surface area contributed by atoms with Crippen molar-refractivity contribution in [3.8, 4) is 0 Å². The van der Waals surface area contributed by atoms with Crippen molar-refractivity contribution in [2.75, 3.05) is 31.2 Å². The summed E-state index contributed by atoms with van der Waals surface area (Å²) >= 11 is 0. The summed E-state index contributed by atoms with van der Waals surface area (Å²) in [5, 5.41) is 14.9. The molecule has 3 rings (SSSR count). The molecule has 0 bridgehead atoms. The Balaban J connectivity index is 0.00000223. The highest BCUT2D eigenvalue weighted by Gasteiger charge is 2.39. The Morgan fingerprint density at radius 1 is 1.25 bits per heavy atom. The molecule has 8 nitrogen and oxygen atoms in total. The van der Waals surface area contributed by atoms with Crippen LogP contribution in [0.5, 0.6) is 0 Å². The molecule has 2 aliphatic heterocycles. The summed E-state index contributed by atoms with van der Waals surface area (Å²) in [5.41, 5.74) is 0.0623. The first kappa shape index (κ1) is 29.8. The standard InChI is InChI=1S/C22H31F3N4O4S.C2H6.H2/c1-4-22(24,25)21(31)26-14(2)28-10-7-15(8-11-28)29-12-9-19(20(29)30)27-18-6-5-16(13-17(18)23)34(3,32)33;1-2;/h5-6,13,15,19,21,26-27,31H,2,4,7-12H2,1,3H3;1-2H3;1H/t19-,21?;;/m0../s1. The topological polar surface area (TPSA) is 102 Å². The predicted molar refractivity (Wildman–Crippen MR) is 135 cm³/mol. The highest BCUT2D eigenvalue weighted by Crippen LogP contribution is 2.28. The molecule has 0 aliphatic carbocycles. The summed E-state index contributed by atoms with van der Waals surface area (Å²) in [6, 6.07) is 2.86. The van der Waals surface area contributed by atoms with E-state index in [1.165, 1.54) is 19.1 Å². The van der Waals surface area contributed by atoms with Crippen molar-refractivity contribution < 1.29 is 32.9 Å². The second-order valence-electron chi connectivity index (χ2n) is 8.76. The fraction of sp³-hybridized carbons (Fsp3) is 0.625. The van der Waals surface area contributed by atoms with Crippen molar-refractivity contribution in [2.24, 2.45) is 0 Å². The van der Waals surface area contributed by atoms with E-state index in [-0.39, 0.29) is 29.8 Å². The van der Waals surface area contributed by atoms with Gasteiger partial charge in [-0.05, 0) is 37.5 Å². The van der Waals surface area contributed by atoms with Crippen molar-refractivity contribution in [3.05, 3.63) is 36.4 Å². The number of halogens is 3. The molecule has 1 aromatic carbocycles. The molecule has 2 saturated heterocycles. The van der Waals surface area contributed by atoms with Gasteiger partial charge in [0.1, 0.15) is 11.9 Å². The number of carbonyl (C=O) groups excluding carboxylic acids is 1. The van der Waals surface area contributed by atoms with Gasteiger partial charge in [0.2, 0.25) is 5.91 Å². The summed E-state index contributed by atoms with van der Waals surface area (Å²) in [4.78, 5) is 16.3. The fourth-order valence-electron chi connectivity index (χ4n) is 4.23. The van der Waals surface area contributed by atoms with E-state index in [1.807, 2.05) is 13.8 Å². The number of hydrogen-bond donors (Lipinski definition) is 3. The number of benzene rings is 1. The van der Waals surface area contributed by atoms with Gasteiger partial charge in [-0.1, -0.05) is 27.4 Å². The summed E-state index contributed by atoms with van der Waals surface area (Å²) < 4.78 is 64.7. The van der Waals surface area contributed by atoms with E-state index < -0.39 is 40.3 Å². The highest BCUT2D eigenvalue weighted by molar-refractivity contribution is 7.90. The smallest absolute Gasteiger partial charge is 0.291 e. The van der Waals surface area contributed by atoms with Gasteiger partial charge in [0.05, 0.1) is 16.4 Å². The monoisotopic (exact) mass is 536 g/mol. The van der Waals surface area contributed by atoms with Crippen LogP contribution in [-0.2, 0) is 14.6 Å². The van der Waals surface area contributed by atoms with Gasteiger partial charge in [-0.25, -0.2) is 21.6 Å². The van der Waals surface area contributed by atoms with Crippen LogP contribution < -0.4 is 10.6 Å². The highest BCUT2D eigenvalue weighted by atomic mass is 32.2. The normalized spacial score (nSPS) is 20.0. The first-order valence-electron chi connectivity index (χ1n) is 12.2. The minimum absolute atomic E-state index is 0. The van der Waals surface area contributed by atoms with E-state index in [9.17, 15) is 31.5 Å². The Hall–Kier alpha value is -2.47. The van der Waals surface area contributed by atoms with Crippen LogP contribution in [-0.4, -0.2) is 79.4 Å². The maximum Gasteiger partial charge on any atom is 0.291 e. The van der Waals surface area contributed by atoms with Crippen molar-refractivity contribution in [1.82, 2.24) is 15.1 Å². The predicted octanol–water partition coefficient (Wildman–Crippen LogP) is 3.40. The number of likely N-dealkylation sites (tertiary alicyclic amines) is 2. The molecule has 12 heteroatoms. The molecule has 0 spiro atoms. The molecule has 2 aliphatic rings. The molecule has 0 radical (unpaired) electrons. The van der Waals surface area contributed by atoms with E-state index in [0.717, 1.165) is 12.3 Å². The number of anilines is 1. The lowest BCUT2D eigenvalue weighted by Gasteiger charge is -2.39. The molecule has 0 aromatic heterocycles. The Kier molecular flexibility index (Phi) is 10.1. The average molecular weight is 537 g/mol. The number of rotatable bonds is 9. The Labute approximate surface area is 212 Å². The number of amides is 1. The van der Waals surface area contributed by atoms with Gasteiger partial charge in [-0.3, -0.25) is 4.79 Å². The van der Waals surface area contributed by atoms with Crippen LogP contribution in [0.15, 0.2) is 35.5 Å². The van der Waals surface area contributed by atoms with Crippen LogP contribution in [0, 0.1) is 5.82 Å². The van der Waals surface area contributed by atoms with E-state index in [2.05, 4.69) is 17.2 Å². The number of nitrogens with zero attached hydrogens (tertiary/aromatic N) is 2. The largest absolute Gasteiger partial charge is 0.371 e. The lowest BCUT2D eigenvalue weighted by Crippen LogP contribution is -2.51. The number of alkyl halides is 2. The lowest BCUT2D eigenvalue weighted by molar-refractivity contribution is -0.131. The minimum Gasteiger partial charge on any atom is -0.371 e. The molecule has 3 N–H and O–H groups in total. The molecule has 1 amide bonds. The molecule has 0 saturated carbocycles. The third-order valence-electron chi connectivity index (χ3n) is 6.40. The SMILES string of the molecule is C=C(NC(O)C(F)(F)CC)N1CCC(N2CC[C@H](Nc3ccc(S(C)(=O)=O)cc3F)C2=O)CC1.CC.[HH]. The van der Waals surface area contributed by atoms with Gasteiger partial charge >= 0.3 is 0 Å². The van der Waals surface area contributed by atoms with Crippen LogP contribution >= 0.6 is 0 Å².